The van der Waals surface area contributed by atoms with Crippen molar-refractivity contribution in [2.45, 2.75) is 39.5 Å². The highest BCUT2D eigenvalue weighted by Crippen LogP contribution is 2.17. The average molecular weight is 297 g/mol. The molecule has 0 aliphatic rings. The van der Waals surface area contributed by atoms with Crippen LogP contribution in [0.1, 0.15) is 38.7 Å². The van der Waals surface area contributed by atoms with Crippen molar-refractivity contribution in [3.8, 4) is 0 Å². The first-order chi connectivity index (χ1) is 10.7. The van der Waals surface area contributed by atoms with E-state index >= 15 is 0 Å². The quantitative estimate of drug-likeness (QED) is 0.790. The number of benzene rings is 1. The summed E-state index contributed by atoms with van der Waals surface area (Å²) in [5.41, 5.74) is 3.04. The van der Waals surface area contributed by atoms with Gasteiger partial charge < -0.3 is 10.6 Å². The van der Waals surface area contributed by atoms with Crippen molar-refractivity contribution in [1.82, 2.24) is 4.98 Å². The molecule has 0 fully saturated rings. The summed E-state index contributed by atoms with van der Waals surface area (Å²) in [6, 6.07) is 12.0. The summed E-state index contributed by atoms with van der Waals surface area (Å²) in [6.45, 7) is 4.21. The molecule has 0 radical (unpaired) electrons. The number of pyridine rings is 1. The van der Waals surface area contributed by atoms with Gasteiger partial charge in [0.15, 0.2) is 0 Å². The van der Waals surface area contributed by atoms with E-state index in [1.807, 2.05) is 24.3 Å². The van der Waals surface area contributed by atoms with Crippen molar-refractivity contribution in [3.63, 3.8) is 0 Å². The number of nitrogens with zero attached hydrogens (tertiary/aromatic N) is 1. The van der Waals surface area contributed by atoms with Gasteiger partial charge in [-0.15, -0.1) is 0 Å². The Kier molecular flexibility index (Phi) is 5.95. The Balaban J connectivity index is 1.92. The Hall–Kier alpha value is -2.36. The van der Waals surface area contributed by atoms with Crippen LogP contribution in [0.2, 0.25) is 0 Å². The molecule has 1 amide bonds. The maximum Gasteiger partial charge on any atom is 0.224 e. The number of aryl methyl sites for hydroxylation is 1. The predicted octanol–water partition coefficient (Wildman–Crippen LogP) is 4.52. The Morgan fingerprint density at radius 3 is 2.36 bits per heavy atom. The largest absolute Gasteiger partial charge is 0.340 e. The SMILES string of the molecule is CCCCC(=O)Nc1ccc(Nc2ccc(CC)cc2)nc1. The van der Waals surface area contributed by atoms with Gasteiger partial charge in [-0.05, 0) is 42.7 Å². The van der Waals surface area contributed by atoms with Crippen LogP contribution >= 0.6 is 0 Å². The number of hydrogen-bond acceptors (Lipinski definition) is 3. The van der Waals surface area contributed by atoms with E-state index in [1.54, 1.807) is 6.20 Å². The van der Waals surface area contributed by atoms with Gasteiger partial charge in [0.1, 0.15) is 5.82 Å². The zero-order valence-corrected chi connectivity index (χ0v) is 13.2. The van der Waals surface area contributed by atoms with Gasteiger partial charge >= 0.3 is 0 Å². The number of amides is 1. The van der Waals surface area contributed by atoms with Crippen LogP contribution in [0.15, 0.2) is 42.6 Å². The standard InChI is InChI=1S/C18H23N3O/c1-3-5-6-18(22)21-16-11-12-17(19-13-16)20-15-9-7-14(4-2)8-10-15/h7-13H,3-6H2,1-2H3,(H,19,20)(H,21,22). The van der Waals surface area contributed by atoms with Gasteiger partial charge in [-0.2, -0.15) is 0 Å². The monoisotopic (exact) mass is 297 g/mol. The van der Waals surface area contributed by atoms with Gasteiger partial charge in [-0.3, -0.25) is 4.79 Å². The number of unbranched alkanes of at least 4 members (excludes halogenated alkanes) is 1. The lowest BCUT2D eigenvalue weighted by molar-refractivity contribution is -0.116. The van der Waals surface area contributed by atoms with Crippen LogP contribution in [0.3, 0.4) is 0 Å². The van der Waals surface area contributed by atoms with Crippen LogP contribution in [0.4, 0.5) is 17.2 Å². The van der Waals surface area contributed by atoms with Crippen molar-refractivity contribution < 1.29 is 4.79 Å². The zero-order chi connectivity index (χ0) is 15.8. The second-order valence-electron chi connectivity index (χ2n) is 5.26. The van der Waals surface area contributed by atoms with Crippen LogP contribution in [-0.4, -0.2) is 10.9 Å². The maximum absolute atomic E-state index is 11.7. The molecule has 0 aliphatic carbocycles. The topological polar surface area (TPSA) is 54.0 Å². The molecule has 22 heavy (non-hydrogen) atoms. The molecule has 0 saturated carbocycles. The number of nitrogens with one attached hydrogen (secondary N) is 2. The highest BCUT2D eigenvalue weighted by Gasteiger charge is 2.02. The molecule has 0 aliphatic heterocycles. The number of hydrogen-bond donors (Lipinski definition) is 2. The van der Waals surface area contributed by atoms with Crippen LogP contribution in [-0.2, 0) is 11.2 Å². The Morgan fingerprint density at radius 2 is 1.77 bits per heavy atom. The van der Waals surface area contributed by atoms with E-state index in [-0.39, 0.29) is 5.91 Å². The van der Waals surface area contributed by atoms with Crippen LogP contribution in [0.25, 0.3) is 0 Å². The summed E-state index contributed by atoms with van der Waals surface area (Å²) in [6.07, 6.45) is 5.19. The molecule has 0 saturated heterocycles. The molecule has 1 aromatic carbocycles. The fourth-order valence-corrected chi connectivity index (χ4v) is 2.07. The van der Waals surface area contributed by atoms with Crippen LogP contribution in [0, 0.1) is 0 Å². The first-order valence-corrected chi connectivity index (χ1v) is 7.83. The Labute approximate surface area is 132 Å². The molecule has 0 unspecified atom stereocenters. The zero-order valence-electron chi connectivity index (χ0n) is 13.2. The predicted molar refractivity (Wildman–Crippen MR) is 91.5 cm³/mol. The van der Waals surface area contributed by atoms with Crippen LogP contribution < -0.4 is 10.6 Å². The third-order valence-corrected chi connectivity index (χ3v) is 3.44. The molecule has 0 bridgehead atoms. The van der Waals surface area contributed by atoms with Crippen molar-refractivity contribution in [3.05, 3.63) is 48.2 Å². The lowest BCUT2D eigenvalue weighted by Crippen LogP contribution is -2.11. The molecule has 4 nitrogen and oxygen atoms in total. The number of carbonyl (C=O) groups is 1. The minimum absolute atomic E-state index is 0.0412. The van der Waals surface area contributed by atoms with Gasteiger partial charge in [0.2, 0.25) is 5.91 Å². The minimum Gasteiger partial charge on any atom is -0.340 e. The molecule has 1 aromatic heterocycles. The number of rotatable bonds is 7. The summed E-state index contributed by atoms with van der Waals surface area (Å²) >= 11 is 0. The molecular formula is C18H23N3O. The molecule has 116 valence electrons. The number of carbonyl (C=O) groups excluding carboxylic acids is 1. The van der Waals surface area contributed by atoms with Crippen molar-refractivity contribution in [1.29, 1.82) is 0 Å². The van der Waals surface area contributed by atoms with Crippen molar-refractivity contribution >= 4 is 23.1 Å². The summed E-state index contributed by atoms with van der Waals surface area (Å²) in [7, 11) is 0. The lowest BCUT2D eigenvalue weighted by atomic mass is 10.1. The molecule has 0 atom stereocenters. The summed E-state index contributed by atoms with van der Waals surface area (Å²) in [4.78, 5) is 16.0. The molecule has 4 heteroatoms. The summed E-state index contributed by atoms with van der Waals surface area (Å²) in [5.74, 6) is 0.801. The molecular weight excluding hydrogens is 274 g/mol. The van der Waals surface area contributed by atoms with E-state index in [9.17, 15) is 4.79 Å². The van der Waals surface area contributed by atoms with E-state index < -0.39 is 0 Å². The maximum atomic E-state index is 11.7. The normalized spacial score (nSPS) is 10.3. The molecule has 2 N–H and O–H groups in total. The smallest absolute Gasteiger partial charge is 0.224 e. The van der Waals surface area contributed by atoms with Crippen molar-refractivity contribution in [2.24, 2.45) is 0 Å². The second-order valence-corrected chi connectivity index (χ2v) is 5.26. The number of aromatic nitrogens is 1. The summed E-state index contributed by atoms with van der Waals surface area (Å²) in [5, 5.41) is 6.10. The summed E-state index contributed by atoms with van der Waals surface area (Å²) < 4.78 is 0. The molecule has 1 heterocycles. The first-order valence-electron chi connectivity index (χ1n) is 7.83. The first kappa shape index (κ1) is 16.0. The van der Waals surface area contributed by atoms with Crippen molar-refractivity contribution in [2.75, 3.05) is 10.6 Å². The van der Waals surface area contributed by atoms with Gasteiger partial charge in [-0.1, -0.05) is 32.4 Å². The fraction of sp³-hybridized carbons (Fsp3) is 0.333. The third kappa shape index (κ3) is 4.88. The Morgan fingerprint density at radius 1 is 1.05 bits per heavy atom. The molecule has 2 aromatic rings. The van der Waals surface area contributed by atoms with E-state index in [2.05, 4.69) is 41.6 Å². The van der Waals surface area contributed by atoms with Gasteiger partial charge in [0.05, 0.1) is 11.9 Å². The molecule has 2 rings (SSSR count). The average Bonchev–Trinajstić information content (AvgIpc) is 2.55. The van der Waals surface area contributed by atoms with E-state index in [0.717, 1.165) is 36.5 Å². The van der Waals surface area contributed by atoms with Crippen LogP contribution in [0.5, 0.6) is 0 Å². The van der Waals surface area contributed by atoms with Gasteiger partial charge in [0, 0.05) is 12.1 Å². The van der Waals surface area contributed by atoms with E-state index in [0.29, 0.717) is 6.42 Å². The van der Waals surface area contributed by atoms with E-state index in [4.69, 9.17) is 0 Å². The second kappa shape index (κ2) is 8.17. The van der Waals surface area contributed by atoms with E-state index in [1.165, 1.54) is 5.56 Å². The lowest BCUT2D eigenvalue weighted by Gasteiger charge is -2.08. The molecule has 0 spiro atoms. The van der Waals surface area contributed by atoms with Gasteiger partial charge in [0.25, 0.3) is 0 Å². The fourth-order valence-electron chi connectivity index (χ4n) is 2.07. The minimum atomic E-state index is 0.0412. The highest BCUT2D eigenvalue weighted by molar-refractivity contribution is 5.90. The van der Waals surface area contributed by atoms with Gasteiger partial charge in [-0.25, -0.2) is 4.98 Å². The highest BCUT2D eigenvalue weighted by atomic mass is 16.1. The Bertz CT molecular complexity index is 591. The number of anilines is 3. The third-order valence-electron chi connectivity index (χ3n) is 3.44.